The lowest BCUT2D eigenvalue weighted by Crippen LogP contribution is -2.51. The van der Waals surface area contributed by atoms with E-state index in [1.165, 1.54) is 31.9 Å². The van der Waals surface area contributed by atoms with Gasteiger partial charge in [-0.15, -0.1) is 0 Å². The molecule has 1 aromatic rings. The number of hydrogen-bond donors (Lipinski definition) is 1. The van der Waals surface area contributed by atoms with Crippen molar-refractivity contribution in [3.63, 3.8) is 0 Å². The molecular weight excluding hydrogens is 307 g/mol. The molecule has 2 nitrogen and oxygen atoms in total. The van der Waals surface area contributed by atoms with Crippen LogP contribution in [-0.4, -0.2) is 30.6 Å². The predicted octanol–water partition coefficient (Wildman–Crippen LogP) is 3.16. The Bertz CT molecular complexity index is 432. The normalized spacial score (nSPS) is 28.1. The maximum Gasteiger partial charge on any atom is 0.124 e. The summed E-state index contributed by atoms with van der Waals surface area (Å²) in [6.07, 6.45) is 3.85. The highest BCUT2D eigenvalue weighted by molar-refractivity contribution is 9.10. The van der Waals surface area contributed by atoms with Crippen LogP contribution in [0.25, 0.3) is 0 Å². The summed E-state index contributed by atoms with van der Waals surface area (Å²) in [5.74, 6) is 0.623. The van der Waals surface area contributed by atoms with Crippen molar-refractivity contribution >= 4 is 15.9 Å². The minimum Gasteiger partial charge on any atom is -0.314 e. The molecule has 2 unspecified atom stereocenters. The monoisotopic (exact) mass is 326 g/mol. The zero-order valence-electron chi connectivity index (χ0n) is 11.0. The Balaban J connectivity index is 1.64. The van der Waals surface area contributed by atoms with Gasteiger partial charge in [0.1, 0.15) is 5.82 Å². The smallest absolute Gasteiger partial charge is 0.124 e. The molecule has 2 saturated heterocycles. The summed E-state index contributed by atoms with van der Waals surface area (Å²) in [4.78, 5) is 2.47. The third-order valence-corrected chi connectivity index (χ3v) is 4.76. The molecule has 0 spiro atoms. The van der Waals surface area contributed by atoms with Crippen molar-refractivity contribution in [2.75, 3.05) is 19.6 Å². The molecule has 0 bridgehead atoms. The Hall–Kier alpha value is -0.450. The number of hydrogen-bond acceptors (Lipinski definition) is 2. The van der Waals surface area contributed by atoms with E-state index in [4.69, 9.17) is 0 Å². The van der Waals surface area contributed by atoms with Gasteiger partial charge in [-0.2, -0.15) is 0 Å². The van der Waals surface area contributed by atoms with E-state index in [2.05, 4.69) is 26.1 Å². The fourth-order valence-electron chi connectivity index (χ4n) is 3.42. The van der Waals surface area contributed by atoms with E-state index in [1.54, 1.807) is 6.07 Å². The van der Waals surface area contributed by atoms with E-state index < -0.39 is 0 Å². The first kappa shape index (κ1) is 13.5. The van der Waals surface area contributed by atoms with Crippen LogP contribution in [0, 0.1) is 11.7 Å². The highest BCUT2D eigenvalue weighted by atomic mass is 79.9. The van der Waals surface area contributed by atoms with Crippen molar-refractivity contribution in [1.29, 1.82) is 0 Å². The SMILES string of the molecule is Fc1cc(Br)cc(CN2CCC3NCCCC3C2)c1. The molecule has 3 rings (SSSR count). The molecule has 0 radical (unpaired) electrons. The van der Waals surface area contributed by atoms with Gasteiger partial charge in [0.2, 0.25) is 0 Å². The van der Waals surface area contributed by atoms with Crippen molar-refractivity contribution in [3.8, 4) is 0 Å². The average Bonchev–Trinajstić information content (AvgIpc) is 2.37. The van der Waals surface area contributed by atoms with E-state index in [0.29, 0.717) is 6.04 Å². The Morgan fingerprint density at radius 3 is 3.05 bits per heavy atom. The van der Waals surface area contributed by atoms with Crippen LogP contribution in [0.1, 0.15) is 24.8 Å². The second kappa shape index (κ2) is 5.90. The number of benzene rings is 1. The second-order valence-electron chi connectivity index (χ2n) is 5.76. The van der Waals surface area contributed by atoms with E-state index in [-0.39, 0.29) is 5.82 Å². The van der Waals surface area contributed by atoms with Crippen LogP contribution in [-0.2, 0) is 6.54 Å². The van der Waals surface area contributed by atoms with Crippen LogP contribution in [0.3, 0.4) is 0 Å². The van der Waals surface area contributed by atoms with Crippen LogP contribution in [0.5, 0.6) is 0 Å². The van der Waals surface area contributed by atoms with Gasteiger partial charge in [-0.25, -0.2) is 4.39 Å². The van der Waals surface area contributed by atoms with Gasteiger partial charge in [-0.1, -0.05) is 15.9 Å². The van der Waals surface area contributed by atoms with E-state index in [1.807, 2.05) is 6.07 Å². The Labute approximate surface area is 122 Å². The molecule has 2 aliphatic heterocycles. The summed E-state index contributed by atoms with van der Waals surface area (Å²) in [6, 6.07) is 5.90. The van der Waals surface area contributed by atoms with Crippen LogP contribution in [0.4, 0.5) is 4.39 Å². The van der Waals surface area contributed by atoms with Gasteiger partial charge < -0.3 is 5.32 Å². The first-order chi connectivity index (χ1) is 9.20. The molecule has 19 heavy (non-hydrogen) atoms. The molecule has 0 aliphatic carbocycles. The number of rotatable bonds is 2. The first-order valence-corrected chi connectivity index (χ1v) is 7.91. The third-order valence-electron chi connectivity index (χ3n) is 4.30. The largest absolute Gasteiger partial charge is 0.314 e. The van der Waals surface area contributed by atoms with E-state index in [9.17, 15) is 4.39 Å². The maximum atomic E-state index is 13.4. The number of nitrogens with one attached hydrogen (secondary N) is 1. The van der Waals surface area contributed by atoms with Crippen molar-refractivity contribution in [2.24, 2.45) is 5.92 Å². The van der Waals surface area contributed by atoms with Crippen molar-refractivity contribution in [2.45, 2.75) is 31.8 Å². The fourth-order valence-corrected chi connectivity index (χ4v) is 3.94. The Morgan fingerprint density at radius 1 is 1.32 bits per heavy atom. The average molecular weight is 327 g/mol. The number of nitrogens with zero attached hydrogens (tertiary/aromatic N) is 1. The molecule has 0 aromatic heterocycles. The van der Waals surface area contributed by atoms with Crippen LogP contribution in [0.2, 0.25) is 0 Å². The number of likely N-dealkylation sites (tertiary alicyclic amines) is 1. The molecule has 2 fully saturated rings. The lowest BCUT2D eigenvalue weighted by atomic mass is 9.85. The molecule has 2 atom stereocenters. The van der Waals surface area contributed by atoms with Gasteiger partial charge in [-0.3, -0.25) is 4.90 Å². The lowest BCUT2D eigenvalue weighted by Gasteiger charge is -2.41. The molecule has 104 valence electrons. The second-order valence-corrected chi connectivity index (χ2v) is 6.68. The van der Waals surface area contributed by atoms with Gasteiger partial charge in [0, 0.05) is 23.6 Å². The zero-order valence-corrected chi connectivity index (χ0v) is 12.6. The summed E-state index contributed by atoms with van der Waals surface area (Å²) in [5.41, 5.74) is 1.06. The first-order valence-electron chi connectivity index (χ1n) is 7.11. The summed E-state index contributed by atoms with van der Waals surface area (Å²) in [6.45, 7) is 4.30. The maximum absolute atomic E-state index is 13.4. The van der Waals surface area contributed by atoms with E-state index >= 15 is 0 Å². The Kier molecular flexibility index (Phi) is 4.20. The quantitative estimate of drug-likeness (QED) is 0.898. The summed E-state index contributed by atoms with van der Waals surface area (Å²) >= 11 is 3.36. The van der Waals surface area contributed by atoms with Crippen molar-refractivity contribution < 1.29 is 4.39 Å². The topological polar surface area (TPSA) is 15.3 Å². The minimum absolute atomic E-state index is 0.154. The van der Waals surface area contributed by atoms with Gasteiger partial charge >= 0.3 is 0 Å². The summed E-state index contributed by atoms with van der Waals surface area (Å²) < 4.78 is 14.2. The molecule has 1 N–H and O–H groups in total. The molecule has 2 aliphatic rings. The van der Waals surface area contributed by atoms with Gasteiger partial charge in [0.15, 0.2) is 0 Å². The highest BCUT2D eigenvalue weighted by Crippen LogP contribution is 2.26. The fraction of sp³-hybridized carbons (Fsp3) is 0.600. The predicted molar refractivity (Wildman–Crippen MR) is 78.5 cm³/mol. The molecule has 0 saturated carbocycles. The molecular formula is C15H20BrFN2. The number of fused-ring (bicyclic) bond motifs is 1. The highest BCUT2D eigenvalue weighted by Gasteiger charge is 2.30. The summed E-state index contributed by atoms with van der Waals surface area (Å²) in [7, 11) is 0. The molecule has 2 heterocycles. The van der Waals surface area contributed by atoms with Gasteiger partial charge in [0.05, 0.1) is 0 Å². The standard InChI is InChI=1S/C15H20BrFN2/c16-13-6-11(7-14(17)8-13)9-19-5-3-15-12(10-19)2-1-4-18-15/h6-8,12,15,18H,1-5,9-10H2. The van der Waals surface area contributed by atoms with Crippen LogP contribution < -0.4 is 5.32 Å². The van der Waals surface area contributed by atoms with Gasteiger partial charge in [0.25, 0.3) is 0 Å². The number of halogens is 2. The van der Waals surface area contributed by atoms with Gasteiger partial charge in [-0.05, 0) is 62.0 Å². The van der Waals surface area contributed by atoms with Crippen LogP contribution >= 0.6 is 15.9 Å². The Morgan fingerprint density at radius 2 is 2.21 bits per heavy atom. The lowest BCUT2D eigenvalue weighted by molar-refractivity contribution is 0.109. The molecule has 0 amide bonds. The minimum atomic E-state index is -0.154. The third kappa shape index (κ3) is 3.36. The molecule has 4 heteroatoms. The van der Waals surface area contributed by atoms with Crippen molar-refractivity contribution in [1.82, 2.24) is 10.2 Å². The van der Waals surface area contributed by atoms with Crippen molar-refractivity contribution in [3.05, 3.63) is 34.1 Å². The summed E-state index contributed by atoms with van der Waals surface area (Å²) in [5, 5.41) is 3.63. The van der Waals surface area contributed by atoms with Crippen LogP contribution in [0.15, 0.2) is 22.7 Å². The number of piperidine rings is 2. The zero-order chi connectivity index (χ0) is 13.2. The molecule has 1 aromatic carbocycles. The van der Waals surface area contributed by atoms with E-state index in [0.717, 1.165) is 35.6 Å².